The summed E-state index contributed by atoms with van der Waals surface area (Å²) in [5.74, 6) is 1.16. The predicted molar refractivity (Wildman–Crippen MR) is 96.4 cm³/mol. The van der Waals surface area contributed by atoms with Crippen LogP contribution in [0.1, 0.15) is 30.1 Å². The summed E-state index contributed by atoms with van der Waals surface area (Å²) < 4.78 is 11.4. The lowest BCUT2D eigenvalue weighted by atomic mass is 10.1. The average Bonchev–Trinajstić information content (AvgIpc) is 2.64. The molecular weight excluding hydrogens is 340 g/mol. The summed E-state index contributed by atoms with van der Waals surface area (Å²) in [6.07, 6.45) is 3.32. The maximum absolute atomic E-state index is 12.7. The molecule has 0 aliphatic carbocycles. The van der Waals surface area contributed by atoms with Crippen LogP contribution in [0, 0.1) is 0 Å². The number of aromatic nitrogens is 1. The predicted octanol–water partition coefficient (Wildman–Crippen LogP) is 3.82. The van der Waals surface area contributed by atoms with Gasteiger partial charge in [-0.2, -0.15) is 0 Å². The number of rotatable bonds is 5. The van der Waals surface area contributed by atoms with Crippen LogP contribution in [0.5, 0.6) is 11.6 Å². The highest BCUT2D eigenvalue weighted by molar-refractivity contribution is 6.30. The first-order valence-corrected chi connectivity index (χ1v) is 8.84. The molecule has 1 amide bonds. The summed E-state index contributed by atoms with van der Waals surface area (Å²) >= 11 is 5.89. The van der Waals surface area contributed by atoms with Crippen molar-refractivity contribution >= 4 is 17.5 Å². The van der Waals surface area contributed by atoms with E-state index in [2.05, 4.69) is 4.98 Å². The van der Waals surface area contributed by atoms with Crippen molar-refractivity contribution in [2.24, 2.45) is 0 Å². The molecule has 1 aromatic carbocycles. The van der Waals surface area contributed by atoms with Crippen LogP contribution >= 0.6 is 11.6 Å². The number of amides is 1. The van der Waals surface area contributed by atoms with Gasteiger partial charge < -0.3 is 14.4 Å². The van der Waals surface area contributed by atoms with E-state index >= 15 is 0 Å². The van der Waals surface area contributed by atoms with Crippen LogP contribution in [-0.4, -0.2) is 41.6 Å². The minimum Gasteiger partial charge on any atom is -0.490 e. The fraction of sp³-hybridized carbons (Fsp3) is 0.368. The van der Waals surface area contributed by atoms with Crippen LogP contribution in [0.3, 0.4) is 0 Å². The third kappa shape index (κ3) is 4.42. The van der Waals surface area contributed by atoms with Crippen molar-refractivity contribution in [3.8, 4) is 11.6 Å². The van der Waals surface area contributed by atoms with Crippen molar-refractivity contribution in [1.29, 1.82) is 0 Å². The SMILES string of the molecule is CCOc1ncccc1C(=O)N1CCC(Oc2ccc(Cl)cc2)CC1. The highest BCUT2D eigenvalue weighted by Gasteiger charge is 2.26. The van der Waals surface area contributed by atoms with Crippen LogP contribution < -0.4 is 9.47 Å². The molecule has 25 heavy (non-hydrogen) atoms. The average molecular weight is 361 g/mol. The lowest BCUT2D eigenvalue weighted by molar-refractivity contribution is 0.0591. The molecule has 1 aliphatic rings. The minimum absolute atomic E-state index is 0.0403. The number of likely N-dealkylation sites (tertiary alicyclic amines) is 1. The second-order valence-electron chi connectivity index (χ2n) is 5.85. The fourth-order valence-corrected chi connectivity index (χ4v) is 2.98. The Morgan fingerprint density at radius 1 is 1.24 bits per heavy atom. The standard InChI is InChI=1S/C19H21ClN2O3/c1-2-24-18-17(4-3-11-21-18)19(23)22-12-9-16(10-13-22)25-15-7-5-14(20)6-8-15/h3-8,11,16H,2,9-10,12-13H2,1H3. The monoisotopic (exact) mass is 360 g/mol. The van der Waals surface area contributed by atoms with E-state index in [1.165, 1.54) is 0 Å². The van der Waals surface area contributed by atoms with Gasteiger partial charge in [-0.1, -0.05) is 11.6 Å². The van der Waals surface area contributed by atoms with E-state index in [1.54, 1.807) is 18.3 Å². The zero-order chi connectivity index (χ0) is 17.6. The molecule has 0 N–H and O–H groups in total. The van der Waals surface area contributed by atoms with E-state index in [9.17, 15) is 4.79 Å². The molecule has 5 nitrogen and oxygen atoms in total. The summed E-state index contributed by atoms with van der Waals surface area (Å²) in [5.41, 5.74) is 0.515. The molecule has 6 heteroatoms. The second kappa shape index (κ2) is 8.21. The fourth-order valence-electron chi connectivity index (χ4n) is 2.86. The first-order chi connectivity index (χ1) is 12.2. The van der Waals surface area contributed by atoms with Crippen LogP contribution in [0.4, 0.5) is 0 Å². The number of pyridine rings is 1. The quantitative estimate of drug-likeness (QED) is 0.813. The molecule has 0 saturated carbocycles. The van der Waals surface area contributed by atoms with Gasteiger partial charge in [0.25, 0.3) is 5.91 Å². The number of piperidine rings is 1. The minimum atomic E-state index is -0.0403. The van der Waals surface area contributed by atoms with Crippen LogP contribution in [0.2, 0.25) is 5.02 Å². The summed E-state index contributed by atoms with van der Waals surface area (Å²) in [4.78, 5) is 18.7. The van der Waals surface area contributed by atoms with Gasteiger partial charge in [0.1, 0.15) is 17.4 Å². The van der Waals surface area contributed by atoms with Crippen molar-refractivity contribution in [2.75, 3.05) is 19.7 Å². The Morgan fingerprint density at radius 3 is 2.64 bits per heavy atom. The molecule has 1 aromatic heterocycles. The van der Waals surface area contributed by atoms with E-state index in [-0.39, 0.29) is 12.0 Å². The van der Waals surface area contributed by atoms with Crippen molar-refractivity contribution in [1.82, 2.24) is 9.88 Å². The van der Waals surface area contributed by atoms with Gasteiger partial charge in [-0.25, -0.2) is 4.98 Å². The Morgan fingerprint density at radius 2 is 1.96 bits per heavy atom. The molecule has 2 aromatic rings. The van der Waals surface area contributed by atoms with E-state index in [4.69, 9.17) is 21.1 Å². The van der Waals surface area contributed by atoms with E-state index < -0.39 is 0 Å². The number of hydrogen-bond acceptors (Lipinski definition) is 4. The zero-order valence-electron chi connectivity index (χ0n) is 14.2. The smallest absolute Gasteiger partial charge is 0.259 e. The third-order valence-electron chi connectivity index (χ3n) is 4.13. The van der Waals surface area contributed by atoms with Gasteiger partial charge in [0.15, 0.2) is 0 Å². The topological polar surface area (TPSA) is 51.7 Å². The van der Waals surface area contributed by atoms with Gasteiger partial charge in [-0.05, 0) is 43.3 Å². The molecule has 0 radical (unpaired) electrons. The van der Waals surface area contributed by atoms with Gasteiger partial charge in [-0.15, -0.1) is 0 Å². The summed E-state index contributed by atoms with van der Waals surface area (Å²) in [6.45, 7) is 3.66. The summed E-state index contributed by atoms with van der Waals surface area (Å²) in [5, 5.41) is 0.689. The summed E-state index contributed by atoms with van der Waals surface area (Å²) in [6, 6.07) is 10.9. The number of carbonyl (C=O) groups is 1. The Balaban J connectivity index is 1.58. The highest BCUT2D eigenvalue weighted by Crippen LogP contribution is 2.23. The molecule has 1 saturated heterocycles. The lowest BCUT2D eigenvalue weighted by Gasteiger charge is -2.32. The number of ether oxygens (including phenoxy) is 2. The Labute approximate surface area is 152 Å². The first-order valence-electron chi connectivity index (χ1n) is 8.46. The lowest BCUT2D eigenvalue weighted by Crippen LogP contribution is -2.42. The molecule has 0 atom stereocenters. The van der Waals surface area contributed by atoms with Crippen molar-refractivity contribution in [2.45, 2.75) is 25.9 Å². The molecular formula is C19H21ClN2O3. The van der Waals surface area contributed by atoms with E-state index in [0.717, 1.165) is 18.6 Å². The van der Waals surface area contributed by atoms with E-state index in [1.807, 2.05) is 36.1 Å². The molecule has 0 bridgehead atoms. The number of halogens is 1. The number of nitrogens with zero attached hydrogens (tertiary/aromatic N) is 2. The second-order valence-corrected chi connectivity index (χ2v) is 6.29. The largest absolute Gasteiger partial charge is 0.490 e. The maximum Gasteiger partial charge on any atom is 0.259 e. The molecule has 1 aliphatic heterocycles. The molecule has 1 fully saturated rings. The van der Waals surface area contributed by atoms with Crippen LogP contribution in [0.15, 0.2) is 42.6 Å². The van der Waals surface area contributed by atoms with E-state index in [0.29, 0.717) is 36.2 Å². The Kier molecular flexibility index (Phi) is 5.76. The van der Waals surface area contributed by atoms with Crippen LogP contribution in [0.25, 0.3) is 0 Å². The van der Waals surface area contributed by atoms with Gasteiger partial charge in [0.05, 0.1) is 6.61 Å². The number of benzene rings is 1. The van der Waals surface area contributed by atoms with Crippen LogP contribution in [-0.2, 0) is 0 Å². The molecule has 3 rings (SSSR count). The first kappa shape index (κ1) is 17.5. The molecule has 2 heterocycles. The highest BCUT2D eigenvalue weighted by atomic mass is 35.5. The molecule has 0 spiro atoms. The Hall–Kier alpha value is -2.27. The van der Waals surface area contributed by atoms with Crippen molar-refractivity contribution in [3.05, 3.63) is 53.2 Å². The normalized spacial score (nSPS) is 15.0. The number of hydrogen-bond donors (Lipinski definition) is 0. The summed E-state index contributed by atoms with van der Waals surface area (Å²) in [7, 11) is 0. The number of carbonyl (C=O) groups excluding carboxylic acids is 1. The third-order valence-corrected chi connectivity index (χ3v) is 4.38. The van der Waals surface area contributed by atoms with Gasteiger partial charge >= 0.3 is 0 Å². The maximum atomic E-state index is 12.7. The zero-order valence-corrected chi connectivity index (χ0v) is 14.9. The molecule has 0 unspecified atom stereocenters. The van der Waals surface area contributed by atoms with Gasteiger partial charge in [0.2, 0.25) is 5.88 Å². The molecule has 132 valence electrons. The van der Waals surface area contributed by atoms with Gasteiger partial charge in [0, 0.05) is 37.2 Å². The Bertz CT molecular complexity index is 713. The van der Waals surface area contributed by atoms with Crippen molar-refractivity contribution < 1.29 is 14.3 Å². The van der Waals surface area contributed by atoms with Crippen molar-refractivity contribution in [3.63, 3.8) is 0 Å². The van der Waals surface area contributed by atoms with Gasteiger partial charge in [-0.3, -0.25) is 4.79 Å².